The summed E-state index contributed by atoms with van der Waals surface area (Å²) in [4.78, 5) is 11.2. The predicted octanol–water partition coefficient (Wildman–Crippen LogP) is 2.98. The van der Waals surface area contributed by atoms with Gasteiger partial charge in [-0.05, 0) is 13.0 Å². The summed E-state index contributed by atoms with van der Waals surface area (Å²) in [5, 5.41) is 10.4. The summed E-state index contributed by atoms with van der Waals surface area (Å²) in [6.07, 6.45) is -1.13. The number of rotatable bonds is 4. The number of hydrogen-bond acceptors (Lipinski definition) is 3. The largest absolute Gasteiger partial charge is 0.466 e. The summed E-state index contributed by atoms with van der Waals surface area (Å²) in [6, 6.07) is 4.90. The van der Waals surface area contributed by atoms with Crippen molar-refractivity contribution in [3.8, 4) is 0 Å². The Balaban J connectivity index is 2.76. The Morgan fingerprint density at radius 3 is 2.81 bits per heavy atom. The molecule has 0 heterocycles. The Labute approximate surface area is 104 Å². The molecule has 0 saturated carbocycles. The van der Waals surface area contributed by atoms with Crippen LogP contribution in [0.4, 0.5) is 0 Å². The minimum Gasteiger partial charge on any atom is -0.466 e. The van der Waals surface area contributed by atoms with Crippen LogP contribution in [-0.4, -0.2) is 17.7 Å². The average molecular weight is 263 g/mol. The molecule has 0 saturated heterocycles. The summed E-state index contributed by atoms with van der Waals surface area (Å²) in [6.45, 7) is 1.99. The van der Waals surface area contributed by atoms with E-state index >= 15 is 0 Å². The molecule has 0 aromatic heterocycles. The quantitative estimate of drug-likeness (QED) is 0.849. The van der Waals surface area contributed by atoms with E-state index in [-0.39, 0.29) is 18.1 Å². The number of carbonyl (C=O) groups excluding carboxylic acids is 1. The van der Waals surface area contributed by atoms with Crippen LogP contribution in [-0.2, 0) is 9.53 Å². The molecular formula is C11H12Cl2O3. The van der Waals surface area contributed by atoms with Gasteiger partial charge in [0.15, 0.2) is 0 Å². The van der Waals surface area contributed by atoms with Gasteiger partial charge in [-0.25, -0.2) is 0 Å². The van der Waals surface area contributed by atoms with Gasteiger partial charge in [-0.15, -0.1) is 0 Å². The van der Waals surface area contributed by atoms with E-state index in [0.29, 0.717) is 10.6 Å². The van der Waals surface area contributed by atoms with Gasteiger partial charge < -0.3 is 9.84 Å². The van der Waals surface area contributed by atoms with Crippen LogP contribution in [0.5, 0.6) is 0 Å². The maximum atomic E-state index is 11.2. The van der Waals surface area contributed by atoms with Crippen LogP contribution in [0, 0.1) is 0 Å². The third-order valence-electron chi connectivity index (χ3n) is 2.01. The Bertz CT molecular complexity index is 379. The molecule has 0 radical (unpaired) electrons. The van der Waals surface area contributed by atoms with Crippen molar-refractivity contribution >= 4 is 29.2 Å². The van der Waals surface area contributed by atoms with Crippen molar-refractivity contribution in [2.45, 2.75) is 19.4 Å². The van der Waals surface area contributed by atoms with Crippen molar-refractivity contribution in [2.75, 3.05) is 6.61 Å². The Morgan fingerprint density at radius 2 is 2.19 bits per heavy atom. The minimum atomic E-state index is -0.995. The smallest absolute Gasteiger partial charge is 0.308 e. The number of aliphatic hydroxyl groups excluding tert-OH is 1. The van der Waals surface area contributed by atoms with Gasteiger partial charge in [0.05, 0.1) is 29.2 Å². The standard InChI is InChI=1S/C11H12Cl2O3/c1-2-16-10(15)6-9(14)7-4-3-5-8(12)11(7)13/h3-5,9,14H,2,6H2,1H3. The van der Waals surface area contributed by atoms with Crippen molar-refractivity contribution in [1.29, 1.82) is 0 Å². The first-order valence-corrected chi connectivity index (χ1v) is 5.59. The van der Waals surface area contributed by atoms with Crippen LogP contribution in [0.15, 0.2) is 18.2 Å². The van der Waals surface area contributed by atoms with Crippen LogP contribution in [0.3, 0.4) is 0 Å². The fourth-order valence-corrected chi connectivity index (χ4v) is 1.70. The topological polar surface area (TPSA) is 46.5 Å². The minimum absolute atomic E-state index is 0.131. The Morgan fingerprint density at radius 1 is 1.50 bits per heavy atom. The number of esters is 1. The molecule has 1 N–H and O–H groups in total. The molecule has 0 aliphatic heterocycles. The van der Waals surface area contributed by atoms with E-state index in [1.165, 1.54) is 0 Å². The monoisotopic (exact) mass is 262 g/mol. The second kappa shape index (κ2) is 6.09. The lowest BCUT2D eigenvalue weighted by molar-refractivity contribution is -0.145. The maximum absolute atomic E-state index is 11.2. The van der Waals surface area contributed by atoms with Crippen molar-refractivity contribution in [3.05, 3.63) is 33.8 Å². The molecule has 1 rings (SSSR count). The number of hydrogen-bond donors (Lipinski definition) is 1. The highest BCUT2D eigenvalue weighted by Gasteiger charge is 2.17. The van der Waals surface area contributed by atoms with Crippen LogP contribution in [0.1, 0.15) is 25.0 Å². The molecular weight excluding hydrogens is 251 g/mol. The molecule has 1 aromatic carbocycles. The van der Waals surface area contributed by atoms with E-state index in [1.807, 2.05) is 0 Å². The second-order valence-corrected chi connectivity index (χ2v) is 3.95. The third-order valence-corrected chi connectivity index (χ3v) is 2.84. The van der Waals surface area contributed by atoms with Crippen LogP contribution >= 0.6 is 23.2 Å². The molecule has 0 spiro atoms. The zero-order valence-corrected chi connectivity index (χ0v) is 10.3. The van der Waals surface area contributed by atoms with E-state index in [9.17, 15) is 9.90 Å². The van der Waals surface area contributed by atoms with Gasteiger partial charge in [0.1, 0.15) is 0 Å². The fourth-order valence-electron chi connectivity index (χ4n) is 1.27. The lowest BCUT2D eigenvalue weighted by atomic mass is 10.1. The van der Waals surface area contributed by atoms with Crippen molar-refractivity contribution in [1.82, 2.24) is 0 Å². The molecule has 1 aromatic rings. The average Bonchev–Trinajstić information content (AvgIpc) is 2.22. The molecule has 0 aliphatic carbocycles. The highest BCUT2D eigenvalue weighted by atomic mass is 35.5. The summed E-state index contributed by atoms with van der Waals surface area (Å²) < 4.78 is 4.73. The molecule has 1 atom stereocenters. The number of aliphatic hydroxyl groups is 1. The zero-order valence-electron chi connectivity index (χ0n) is 8.74. The van der Waals surface area contributed by atoms with Crippen molar-refractivity contribution in [2.24, 2.45) is 0 Å². The van der Waals surface area contributed by atoms with Gasteiger partial charge in [0, 0.05) is 5.56 Å². The van der Waals surface area contributed by atoms with E-state index in [2.05, 4.69) is 0 Å². The molecule has 0 bridgehead atoms. The number of halogens is 2. The van der Waals surface area contributed by atoms with Gasteiger partial charge in [-0.1, -0.05) is 35.3 Å². The van der Waals surface area contributed by atoms with E-state index in [4.69, 9.17) is 27.9 Å². The van der Waals surface area contributed by atoms with Gasteiger partial charge in [-0.3, -0.25) is 4.79 Å². The first-order valence-electron chi connectivity index (χ1n) is 4.83. The lowest BCUT2D eigenvalue weighted by Gasteiger charge is -2.12. The summed E-state index contributed by atoms with van der Waals surface area (Å²) in [5.74, 6) is -0.467. The lowest BCUT2D eigenvalue weighted by Crippen LogP contribution is -2.10. The van der Waals surface area contributed by atoms with E-state index < -0.39 is 12.1 Å². The van der Waals surface area contributed by atoms with Crippen LogP contribution < -0.4 is 0 Å². The molecule has 0 fully saturated rings. The van der Waals surface area contributed by atoms with Crippen LogP contribution in [0.25, 0.3) is 0 Å². The van der Waals surface area contributed by atoms with Crippen molar-refractivity contribution in [3.63, 3.8) is 0 Å². The molecule has 0 aliphatic rings. The van der Waals surface area contributed by atoms with Gasteiger partial charge in [0.25, 0.3) is 0 Å². The molecule has 16 heavy (non-hydrogen) atoms. The molecule has 0 amide bonds. The summed E-state index contributed by atoms with van der Waals surface area (Å²) in [5.41, 5.74) is 0.433. The number of ether oxygens (including phenoxy) is 1. The molecule has 88 valence electrons. The Hall–Kier alpha value is -0.770. The molecule has 3 nitrogen and oxygen atoms in total. The second-order valence-electron chi connectivity index (χ2n) is 3.17. The normalized spacial score (nSPS) is 12.2. The maximum Gasteiger partial charge on any atom is 0.308 e. The SMILES string of the molecule is CCOC(=O)CC(O)c1cccc(Cl)c1Cl. The molecule has 1 unspecified atom stereocenters. The molecule has 5 heteroatoms. The number of carbonyl (C=O) groups is 1. The number of benzene rings is 1. The highest BCUT2D eigenvalue weighted by Crippen LogP contribution is 2.31. The van der Waals surface area contributed by atoms with Gasteiger partial charge in [-0.2, -0.15) is 0 Å². The zero-order chi connectivity index (χ0) is 12.1. The summed E-state index contributed by atoms with van der Waals surface area (Å²) in [7, 11) is 0. The third kappa shape index (κ3) is 3.37. The van der Waals surface area contributed by atoms with Gasteiger partial charge in [0.2, 0.25) is 0 Å². The fraction of sp³-hybridized carbons (Fsp3) is 0.364. The summed E-state index contributed by atoms with van der Waals surface area (Å²) >= 11 is 11.7. The van der Waals surface area contributed by atoms with Crippen LogP contribution in [0.2, 0.25) is 10.0 Å². The van der Waals surface area contributed by atoms with E-state index in [0.717, 1.165) is 0 Å². The van der Waals surface area contributed by atoms with Gasteiger partial charge >= 0.3 is 5.97 Å². The predicted molar refractivity (Wildman–Crippen MR) is 62.7 cm³/mol. The Kier molecular flexibility index (Phi) is 5.06. The first kappa shape index (κ1) is 13.3. The van der Waals surface area contributed by atoms with Crippen molar-refractivity contribution < 1.29 is 14.6 Å². The van der Waals surface area contributed by atoms with E-state index in [1.54, 1.807) is 25.1 Å². The highest BCUT2D eigenvalue weighted by molar-refractivity contribution is 6.42. The first-order chi connectivity index (χ1) is 7.56.